The molecule has 1 aromatic heterocycles. The molecule has 1 unspecified atom stereocenters. The number of amides is 1. The highest BCUT2D eigenvalue weighted by molar-refractivity contribution is 7.10. The summed E-state index contributed by atoms with van der Waals surface area (Å²) in [6.45, 7) is 1.97. The van der Waals surface area contributed by atoms with E-state index in [2.05, 4.69) is 11.4 Å². The van der Waals surface area contributed by atoms with Gasteiger partial charge in [0.2, 0.25) is 5.91 Å². The minimum atomic E-state index is -0.0116. The molecule has 1 aromatic rings. The summed E-state index contributed by atoms with van der Waals surface area (Å²) in [5, 5.41) is 13.3. The molecule has 0 spiro atoms. The maximum atomic E-state index is 11.5. The molecule has 3 nitrogen and oxygen atoms in total. The van der Waals surface area contributed by atoms with Crippen molar-refractivity contribution in [1.82, 2.24) is 5.32 Å². The molecule has 1 heterocycles. The molecule has 0 aromatic carbocycles. The van der Waals surface area contributed by atoms with Crippen LogP contribution < -0.4 is 5.32 Å². The van der Waals surface area contributed by atoms with Crippen molar-refractivity contribution >= 4 is 17.2 Å². The van der Waals surface area contributed by atoms with Gasteiger partial charge in [-0.25, -0.2) is 0 Å². The maximum Gasteiger partial charge on any atom is 0.225 e. The molecule has 0 bridgehead atoms. The first-order valence-electron chi connectivity index (χ1n) is 4.95. The molecule has 1 rings (SSSR count). The fraction of sp³-hybridized carbons (Fsp3) is 0.455. The number of thiophene rings is 1. The molecule has 0 aliphatic rings. The van der Waals surface area contributed by atoms with Crippen LogP contribution in [-0.4, -0.2) is 11.9 Å². The molecule has 80 valence electrons. The second-order valence-electron chi connectivity index (χ2n) is 3.29. The highest BCUT2D eigenvalue weighted by Gasteiger charge is 2.10. The molecular formula is C11H14N2OS. The Hall–Kier alpha value is -1.34. The Kier molecular flexibility index (Phi) is 4.85. The zero-order chi connectivity index (χ0) is 11.1. The normalized spacial score (nSPS) is 11.7. The third kappa shape index (κ3) is 4.13. The van der Waals surface area contributed by atoms with Crippen molar-refractivity contribution in [3.05, 3.63) is 22.4 Å². The summed E-state index contributed by atoms with van der Waals surface area (Å²) in [6.07, 6.45) is 1.59. The average Bonchev–Trinajstić information content (AvgIpc) is 2.69. The number of hydrogen-bond acceptors (Lipinski definition) is 3. The van der Waals surface area contributed by atoms with Gasteiger partial charge in [-0.1, -0.05) is 13.0 Å². The van der Waals surface area contributed by atoms with Crippen molar-refractivity contribution in [3.63, 3.8) is 0 Å². The molecule has 0 aliphatic heterocycles. The van der Waals surface area contributed by atoms with Crippen molar-refractivity contribution in [1.29, 1.82) is 5.26 Å². The second-order valence-corrected chi connectivity index (χ2v) is 4.32. The van der Waals surface area contributed by atoms with E-state index in [4.69, 9.17) is 5.26 Å². The summed E-state index contributed by atoms with van der Waals surface area (Å²) in [7, 11) is 0. The van der Waals surface area contributed by atoms with Crippen LogP contribution in [0.4, 0.5) is 0 Å². The van der Waals surface area contributed by atoms with E-state index in [1.165, 1.54) is 0 Å². The van der Waals surface area contributed by atoms with Crippen LogP contribution >= 0.6 is 11.3 Å². The first-order chi connectivity index (χ1) is 7.26. The van der Waals surface area contributed by atoms with Crippen molar-refractivity contribution in [3.8, 4) is 6.07 Å². The number of carbonyl (C=O) groups is 1. The first-order valence-corrected chi connectivity index (χ1v) is 5.83. The second kappa shape index (κ2) is 6.20. The van der Waals surface area contributed by atoms with Gasteiger partial charge in [-0.15, -0.1) is 11.3 Å². The molecular weight excluding hydrogens is 208 g/mol. The number of carbonyl (C=O) groups excluding carboxylic acids is 1. The Balaban J connectivity index is 2.38. The van der Waals surface area contributed by atoms with E-state index >= 15 is 0 Å². The van der Waals surface area contributed by atoms with Crippen molar-refractivity contribution in [2.24, 2.45) is 0 Å². The van der Waals surface area contributed by atoms with Crippen LogP contribution in [0.2, 0.25) is 0 Å². The lowest BCUT2D eigenvalue weighted by Gasteiger charge is -2.12. The van der Waals surface area contributed by atoms with E-state index in [9.17, 15) is 4.79 Å². The van der Waals surface area contributed by atoms with Crippen LogP contribution in [0.1, 0.15) is 24.6 Å². The van der Waals surface area contributed by atoms with E-state index in [1.54, 1.807) is 11.3 Å². The number of nitrogens with one attached hydrogen (secondary N) is 1. The van der Waals surface area contributed by atoms with Crippen molar-refractivity contribution in [2.75, 3.05) is 0 Å². The summed E-state index contributed by atoms with van der Waals surface area (Å²) < 4.78 is 0. The monoisotopic (exact) mass is 222 g/mol. The minimum absolute atomic E-state index is 0.000417. The van der Waals surface area contributed by atoms with Crippen molar-refractivity contribution in [2.45, 2.75) is 32.2 Å². The zero-order valence-electron chi connectivity index (χ0n) is 8.69. The maximum absolute atomic E-state index is 11.5. The molecule has 1 atom stereocenters. The van der Waals surface area contributed by atoms with Crippen LogP contribution in [0.15, 0.2) is 17.5 Å². The SMILES string of the molecule is CCC(CC#N)NC(=O)Cc1cccs1. The number of nitrogens with zero attached hydrogens (tertiary/aromatic N) is 1. The van der Waals surface area contributed by atoms with Crippen LogP contribution in [0, 0.1) is 11.3 Å². The zero-order valence-corrected chi connectivity index (χ0v) is 9.51. The van der Waals surface area contributed by atoms with Gasteiger partial charge in [0.25, 0.3) is 0 Å². The lowest BCUT2D eigenvalue weighted by molar-refractivity contribution is -0.121. The van der Waals surface area contributed by atoms with Gasteiger partial charge in [0, 0.05) is 10.9 Å². The molecule has 1 N–H and O–H groups in total. The van der Waals surface area contributed by atoms with Gasteiger partial charge in [-0.2, -0.15) is 5.26 Å². The highest BCUT2D eigenvalue weighted by Crippen LogP contribution is 2.09. The Morgan fingerprint density at radius 2 is 2.53 bits per heavy atom. The Labute approximate surface area is 93.7 Å². The van der Waals surface area contributed by atoms with Gasteiger partial charge in [0.1, 0.15) is 0 Å². The summed E-state index contributed by atoms with van der Waals surface area (Å²) in [6, 6.07) is 5.93. The lowest BCUT2D eigenvalue weighted by atomic mass is 10.1. The van der Waals surface area contributed by atoms with E-state index in [1.807, 2.05) is 24.4 Å². The molecule has 0 fully saturated rings. The van der Waals surface area contributed by atoms with E-state index in [0.29, 0.717) is 12.8 Å². The number of nitriles is 1. The van der Waals surface area contributed by atoms with Crippen LogP contribution in [-0.2, 0) is 11.2 Å². The van der Waals surface area contributed by atoms with Crippen molar-refractivity contribution < 1.29 is 4.79 Å². The van der Waals surface area contributed by atoms with E-state index < -0.39 is 0 Å². The quantitative estimate of drug-likeness (QED) is 0.829. The fourth-order valence-corrected chi connectivity index (χ4v) is 1.96. The summed E-state index contributed by atoms with van der Waals surface area (Å²) in [5.74, 6) is -0.000417. The summed E-state index contributed by atoms with van der Waals surface area (Å²) in [4.78, 5) is 12.6. The molecule has 0 aliphatic carbocycles. The van der Waals surface area contributed by atoms with Gasteiger partial charge in [-0.05, 0) is 17.9 Å². The number of hydrogen-bond donors (Lipinski definition) is 1. The minimum Gasteiger partial charge on any atom is -0.352 e. The Bertz CT molecular complexity index is 340. The lowest BCUT2D eigenvalue weighted by Crippen LogP contribution is -2.34. The topological polar surface area (TPSA) is 52.9 Å². The van der Waals surface area contributed by atoms with Crippen LogP contribution in [0.3, 0.4) is 0 Å². The van der Waals surface area contributed by atoms with Crippen LogP contribution in [0.25, 0.3) is 0 Å². The van der Waals surface area contributed by atoms with E-state index in [0.717, 1.165) is 11.3 Å². The van der Waals surface area contributed by atoms with Gasteiger partial charge >= 0.3 is 0 Å². The molecule has 1 amide bonds. The smallest absolute Gasteiger partial charge is 0.225 e. The largest absolute Gasteiger partial charge is 0.352 e. The molecule has 15 heavy (non-hydrogen) atoms. The third-order valence-corrected chi connectivity index (χ3v) is 2.99. The Morgan fingerprint density at radius 1 is 1.73 bits per heavy atom. The number of rotatable bonds is 5. The molecule has 4 heteroatoms. The summed E-state index contributed by atoms with van der Waals surface area (Å²) >= 11 is 1.57. The third-order valence-electron chi connectivity index (χ3n) is 2.11. The Morgan fingerprint density at radius 3 is 3.07 bits per heavy atom. The van der Waals surface area contributed by atoms with Gasteiger partial charge in [-0.3, -0.25) is 4.79 Å². The van der Waals surface area contributed by atoms with Gasteiger partial charge < -0.3 is 5.32 Å². The molecule has 0 radical (unpaired) electrons. The fourth-order valence-electron chi connectivity index (χ4n) is 1.26. The molecule has 0 saturated heterocycles. The van der Waals surface area contributed by atoms with E-state index in [-0.39, 0.29) is 11.9 Å². The first kappa shape index (κ1) is 11.7. The predicted octanol–water partition coefficient (Wildman–Crippen LogP) is 2.10. The molecule has 0 saturated carbocycles. The van der Waals surface area contributed by atoms with Gasteiger partial charge in [0.15, 0.2) is 0 Å². The highest BCUT2D eigenvalue weighted by atomic mass is 32.1. The summed E-state index contributed by atoms with van der Waals surface area (Å²) in [5.41, 5.74) is 0. The standard InChI is InChI=1S/C11H14N2OS/c1-2-9(5-6-12)13-11(14)8-10-4-3-7-15-10/h3-4,7,9H,2,5,8H2,1H3,(H,13,14). The average molecular weight is 222 g/mol. The van der Waals surface area contributed by atoms with Gasteiger partial charge in [0.05, 0.1) is 18.9 Å². The van der Waals surface area contributed by atoms with Crippen LogP contribution in [0.5, 0.6) is 0 Å². The predicted molar refractivity (Wildman–Crippen MR) is 60.5 cm³/mol.